The summed E-state index contributed by atoms with van der Waals surface area (Å²) in [5.74, 6) is 0. The molecule has 0 fully saturated rings. The maximum Gasteiger partial charge on any atom is 0.0173 e. The van der Waals surface area contributed by atoms with E-state index in [1.165, 1.54) is 50.5 Å². The summed E-state index contributed by atoms with van der Waals surface area (Å²) in [7, 11) is 0. The van der Waals surface area contributed by atoms with E-state index in [9.17, 15) is 0 Å². The highest BCUT2D eigenvalue weighted by Gasteiger charge is 1.94. The molecule has 0 aliphatic rings. The third-order valence-corrected chi connectivity index (χ3v) is 3.32. The van der Waals surface area contributed by atoms with Gasteiger partial charge in [0.1, 0.15) is 0 Å². The fourth-order valence-corrected chi connectivity index (χ4v) is 2.15. The number of nitrogens with zero attached hydrogens (tertiary/aromatic N) is 1. The zero-order chi connectivity index (χ0) is 12.9. The molecule has 101 valence electrons. The van der Waals surface area contributed by atoms with Crippen LogP contribution in [0.5, 0.6) is 0 Å². The van der Waals surface area contributed by atoms with Crippen LogP contribution in [-0.4, -0.2) is 13.1 Å². The standard InChI is InChI=1S/C17H28N/c1-2-3-4-5-6-7-11-15-18-16-14-17-12-9-8-10-13-17/h8-10,12-13H,2-7,11,14-16H2,1H3. The molecule has 0 bridgehead atoms. The molecule has 0 atom stereocenters. The molecule has 0 aromatic heterocycles. The zero-order valence-corrected chi connectivity index (χ0v) is 11.9. The summed E-state index contributed by atoms with van der Waals surface area (Å²) in [5, 5.41) is 4.60. The predicted octanol–water partition coefficient (Wildman–Crippen LogP) is 4.58. The van der Waals surface area contributed by atoms with E-state index in [1.807, 2.05) is 0 Å². The lowest BCUT2D eigenvalue weighted by molar-refractivity contribution is 0.559. The van der Waals surface area contributed by atoms with Crippen LogP contribution in [0.2, 0.25) is 0 Å². The number of unbranched alkanes of at least 4 members (excludes halogenated alkanes) is 6. The summed E-state index contributed by atoms with van der Waals surface area (Å²) in [5.41, 5.74) is 1.40. The molecule has 0 saturated heterocycles. The summed E-state index contributed by atoms with van der Waals surface area (Å²) >= 11 is 0. The van der Waals surface area contributed by atoms with E-state index in [2.05, 4.69) is 42.6 Å². The van der Waals surface area contributed by atoms with Crippen molar-refractivity contribution in [1.29, 1.82) is 0 Å². The van der Waals surface area contributed by atoms with Gasteiger partial charge in [-0.15, -0.1) is 0 Å². The van der Waals surface area contributed by atoms with Gasteiger partial charge in [-0.25, -0.2) is 5.32 Å². The summed E-state index contributed by atoms with van der Waals surface area (Å²) in [4.78, 5) is 0. The normalized spacial score (nSPS) is 10.7. The highest BCUT2D eigenvalue weighted by molar-refractivity contribution is 5.14. The molecular weight excluding hydrogens is 218 g/mol. The van der Waals surface area contributed by atoms with Crippen LogP contribution in [-0.2, 0) is 6.42 Å². The molecule has 0 aliphatic carbocycles. The molecule has 0 amide bonds. The first-order valence-corrected chi connectivity index (χ1v) is 7.60. The number of hydrogen-bond acceptors (Lipinski definition) is 0. The van der Waals surface area contributed by atoms with Crippen LogP contribution in [0, 0.1) is 0 Å². The van der Waals surface area contributed by atoms with E-state index in [-0.39, 0.29) is 0 Å². The van der Waals surface area contributed by atoms with Gasteiger partial charge in [0.2, 0.25) is 0 Å². The average molecular weight is 246 g/mol. The van der Waals surface area contributed by atoms with Crippen LogP contribution in [0.15, 0.2) is 30.3 Å². The van der Waals surface area contributed by atoms with E-state index in [1.54, 1.807) is 0 Å². The van der Waals surface area contributed by atoms with E-state index in [4.69, 9.17) is 0 Å². The quantitative estimate of drug-likeness (QED) is 0.507. The molecule has 1 radical (unpaired) electrons. The Morgan fingerprint density at radius 1 is 0.778 bits per heavy atom. The van der Waals surface area contributed by atoms with E-state index in [0.717, 1.165) is 19.5 Å². The second-order valence-corrected chi connectivity index (χ2v) is 5.03. The minimum Gasteiger partial charge on any atom is -0.241 e. The molecule has 1 aromatic rings. The van der Waals surface area contributed by atoms with Crippen molar-refractivity contribution in [1.82, 2.24) is 5.32 Å². The van der Waals surface area contributed by atoms with Gasteiger partial charge >= 0.3 is 0 Å². The highest BCUT2D eigenvalue weighted by Crippen LogP contribution is 2.06. The first-order chi connectivity index (χ1) is 8.93. The van der Waals surface area contributed by atoms with Crippen molar-refractivity contribution in [2.45, 2.75) is 58.3 Å². The van der Waals surface area contributed by atoms with Crippen LogP contribution >= 0.6 is 0 Å². The van der Waals surface area contributed by atoms with E-state index < -0.39 is 0 Å². The molecule has 0 heterocycles. The molecule has 0 aliphatic heterocycles. The molecule has 1 rings (SSSR count). The number of rotatable bonds is 11. The van der Waals surface area contributed by atoms with Gasteiger partial charge in [-0.1, -0.05) is 75.8 Å². The molecular formula is C17H28N. The summed E-state index contributed by atoms with van der Waals surface area (Å²) in [6.07, 6.45) is 10.7. The Kier molecular flexibility index (Phi) is 9.55. The Hall–Kier alpha value is -0.820. The molecule has 1 nitrogen and oxygen atoms in total. The van der Waals surface area contributed by atoms with Crippen molar-refractivity contribution in [2.24, 2.45) is 0 Å². The lowest BCUT2D eigenvalue weighted by Gasteiger charge is -2.03. The van der Waals surface area contributed by atoms with Gasteiger partial charge in [-0.3, -0.25) is 0 Å². The summed E-state index contributed by atoms with van der Waals surface area (Å²) in [6, 6.07) is 10.6. The highest BCUT2D eigenvalue weighted by atomic mass is 14.8. The fourth-order valence-electron chi connectivity index (χ4n) is 2.15. The van der Waals surface area contributed by atoms with Gasteiger partial charge < -0.3 is 0 Å². The van der Waals surface area contributed by atoms with Gasteiger partial charge in [-0.2, -0.15) is 0 Å². The maximum atomic E-state index is 4.60. The fraction of sp³-hybridized carbons (Fsp3) is 0.647. The molecule has 0 spiro atoms. The topological polar surface area (TPSA) is 14.1 Å². The van der Waals surface area contributed by atoms with Crippen molar-refractivity contribution in [3.63, 3.8) is 0 Å². The maximum absolute atomic E-state index is 4.60. The SMILES string of the molecule is CCCCCCCCC[N]CCc1ccccc1. The van der Waals surface area contributed by atoms with Gasteiger partial charge in [0.05, 0.1) is 0 Å². The van der Waals surface area contributed by atoms with Crippen LogP contribution in [0.4, 0.5) is 0 Å². The predicted molar refractivity (Wildman–Crippen MR) is 80.0 cm³/mol. The van der Waals surface area contributed by atoms with Gasteiger partial charge in [-0.05, 0) is 18.4 Å². The smallest absolute Gasteiger partial charge is 0.0173 e. The van der Waals surface area contributed by atoms with Crippen molar-refractivity contribution in [3.05, 3.63) is 35.9 Å². The van der Waals surface area contributed by atoms with Crippen molar-refractivity contribution in [3.8, 4) is 0 Å². The van der Waals surface area contributed by atoms with Gasteiger partial charge in [0, 0.05) is 13.1 Å². The molecule has 0 saturated carbocycles. The number of hydrogen-bond donors (Lipinski definition) is 0. The summed E-state index contributed by atoms with van der Waals surface area (Å²) in [6.45, 7) is 4.31. The van der Waals surface area contributed by atoms with Crippen LogP contribution in [0.25, 0.3) is 0 Å². The first-order valence-electron chi connectivity index (χ1n) is 7.60. The molecule has 0 unspecified atom stereocenters. The van der Waals surface area contributed by atoms with Crippen LogP contribution < -0.4 is 5.32 Å². The lowest BCUT2D eigenvalue weighted by atomic mass is 10.1. The second-order valence-electron chi connectivity index (χ2n) is 5.03. The van der Waals surface area contributed by atoms with Crippen molar-refractivity contribution in [2.75, 3.05) is 13.1 Å². The average Bonchev–Trinajstić information content (AvgIpc) is 2.42. The van der Waals surface area contributed by atoms with Crippen LogP contribution in [0.3, 0.4) is 0 Å². The Morgan fingerprint density at radius 2 is 1.44 bits per heavy atom. The molecule has 1 heteroatoms. The molecule has 0 N–H and O–H groups in total. The van der Waals surface area contributed by atoms with Crippen molar-refractivity contribution >= 4 is 0 Å². The third-order valence-electron chi connectivity index (χ3n) is 3.32. The minimum absolute atomic E-state index is 0.986. The largest absolute Gasteiger partial charge is 0.241 e. The molecule has 1 aromatic carbocycles. The Balaban J connectivity index is 1.82. The van der Waals surface area contributed by atoms with Gasteiger partial charge in [0.25, 0.3) is 0 Å². The van der Waals surface area contributed by atoms with E-state index in [0.29, 0.717) is 0 Å². The zero-order valence-electron chi connectivity index (χ0n) is 11.9. The molecule has 18 heavy (non-hydrogen) atoms. The lowest BCUT2D eigenvalue weighted by Crippen LogP contribution is -2.10. The van der Waals surface area contributed by atoms with Crippen LogP contribution in [0.1, 0.15) is 57.4 Å². The minimum atomic E-state index is 0.986. The van der Waals surface area contributed by atoms with E-state index >= 15 is 0 Å². The summed E-state index contributed by atoms with van der Waals surface area (Å²) < 4.78 is 0. The Labute approximate surface area is 113 Å². The van der Waals surface area contributed by atoms with Crippen molar-refractivity contribution < 1.29 is 0 Å². The first kappa shape index (κ1) is 15.2. The Morgan fingerprint density at radius 3 is 2.17 bits per heavy atom. The monoisotopic (exact) mass is 246 g/mol. The number of benzene rings is 1. The Bertz CT molecular complexity index is 268. The third kappa shape index (κ3) is 8.30. The van der Waals surface area contributed by atoms with Gasteiger partial charge in [0.15, 0.2) is 0 Å². The second kappa shape index (κ2) is 11.3.